The molecule has 0 fully saturated rings. The van der Waals surface area contributed by atoms with Crippen molar-refractivity contribution in [3.8, 4) is 0 Å². The van der Waals surface area contributed by atoms with E-state index in [0.29, 0.717) is 19.3 Å². The molecular formula is C61H115NO5. The lowest BCUT2D eigenvalue weighted by molar-refractivity contribution is -0.132. The van der Waals surface area contributed by atoms with Crippen LogP contribution in [-0.4, -0.2) is 57.3 Å². The fraction of sp³-hybridized carbons (Fsp3) is 0.852. The third-order valence-corrected chi connectivity index (χ3v) is 13.7. The van der Waals surface area contributed by atoms with Gasteiger partial charge in [0.15, 0.2) is 0 Å². The molecule has 6 nitrogen and oxygen atoms in total. The SMILES string of the molecule is CCCCCCCCCCC/C=C\C/C=C\CCCCCCCCCCCCCCC(O)C(=O)NC(CO)C(O)C(O)CCC/C=C/CC/C=C/CCCCCCCCCCCCCCCC. The Balaban J connectivity index is 3.68. The fourth-order valence-electron chi connectivity index (χ4n) is 9.10. The highest BCUT2D eigenvalue weighted by Gasteiger charge is 2.28. The lowest BCUT2D eigenvalue weighted by Gasteiger charge is -2.27. The van der Waals surface area contributed by atoms with Crippen LogP contribution in [0.2, 0.25) is 0 Å². The molecule has 0 aliphatic carbocycles. The number of unbranched alkanes of at least 4 members (excludes halogenated alkanes) is 37. The molecule has 6 heteroatoms. The molecule has 5 N–H and O–H groups in total. The van der Waals surface area contributed by atoms with Crippen molar-refractivity contribution in [1.82, 2.24) is 5.32 Å². The summed E-state index contributed by atoms with van der Waals surface area (Å²) in [5.74, 6) is -0.596. The Kier molecular flexibility index (Phi) is 53.8. The molecule has 0 aliphatic rings. The normalized spacial score (nSPS) is 14.1. The quantitative estimate of drug-likeness (QED) is 0.0308. The zero-order chi connectivity index (χ0) is 48.8. The van der Waals surface area contributed by atoms with Gasteiger partial charge in [0.25, 0.3) is 0 Å². The van der Waals surface area contributed by atoms with Gasteiger partial charge in [-0.1, -0.05) is 268 Å². The van der Waals surface area contributed by atoms with Gasteiger partial charge in [-0.05, 0) is 83.5 Å². The molecule has 4 atom stereocenters. The van der Waals surface area contributed by atoms with Gasteiger partial charge < -0.3 is 25.7 Å². The number of carbonyl (C=O) groups excluding carboxylic acids is 1. The average Bonchev–Trinajstić information content (AvgIpc) is 3.33. The Bertz CT molecular complexity index is 1100. The number of aliphatic hydroxyl groups is 4. The maximum Gasteiger partial charge on any atom is 0.249 e. The van der Waals surface area contributed by atoms with Gasteiger partial charge in [-0.15, -0.1) is 0 Å². The molecule has 394 valence electrons. The van der Waals surface area contributed by atoms with E-state index in [1.54, 1.807) is 0 Å². The minimum absolute atomic E-state index is 0.358. The van der Waals surface area contributed by atoms with Crippen molar-refractivity contribution in [3.05, 3.63) is 48.6 Å². The van der Waals surface area contributed by atoms with E-state index in [0.717, 1.165) is 44.9 Å². The van der Waals surface area contributed by atoms with Gasteiger partial charge in [-0.25, -0.2) is 0 Å². The summed E-state index contributed by atoms with van der Waals surface area (Å²) in [6, 6.07) is -1.01. The molecule has 0 heterocycles. The van der Waals surface area contributed by atoms with Crippen molar-refractivity contribution >= 4 is 5.91 Å². The van der Waals surface area contributed by atoms with E-state index in [1.807, 2.05) is 0 Å². The maximum absolute atomic E-state index is 12.6. The molecule has 0 aromatic heterocycles. The number of nitrogens with one attached hydrogen (secondary N) is 1. The minimum Gasteiger partial charge on any atom is -0.394 e. The van der Waals surface area contributed by atoms with Gasteiger partial charge in [-0.3, -0.25) is 4.79 Å². The van der Waals surface area contributed by atoms with Crippen LogP contribution >= 0.6 is 0 Å². The molecule has 1 amide bonds. The van der Waals surface area contributed by atoms with Crippen LogP contribution in [0, 0.1) is 0 Å². The van der Waals surface area contributed by atoms with E-state index in [2.05, 4.69) is 67.8 Å². The second kappa shape index (κ2) is 55.2. The third-order valence-electron chi connectivity index (χ3n) is 13.7. The summed E-state index contributed by atoms with van der Waals surface area (Å²) in [6.07, 6.45) is 70.4. The fourth-order valence-corrected chi connectivity index (χ4v) is 9.10. The number of hydrogen-bond donors (Lipinski definition) is 5. The van der Waals surface area contributed by atoms with Crippen LogP contribution in [0.3, 0.4) is 0 Å². The van der Waals surface area contributed by atoms with E-state index in [-0.39, 0.29) is 0 Å². The van der Waals surface area contributed by atoms with E-state index in [4.69, 9.17) is 0 Å². The lowest BCUT2D eigenvalue weighted by atomic mass is 10.00. The molecule has 0 radical (unpaired) electrons. The molecule has 0 aromatic rings. The number of allylic oxidation sites excluding steroid dienone is 8. The van der Waals surface area contributed by atoms with E-state index < -0.39 is 36.9 Å². The molecule has 0 saturated heterocycles. The summed E-state index contributed by atoms with van der Waals surface area (Å²) in [7, 11) is 0. The highest BCUT2D eigenvalue weighted by molar-refractivity contribution is 5.80. The smallest absolute Gasteiger partial charge is 0.249 e. The Hall–Kier alpha value is -1.73. The van der Waals surface area contributed by atoms with Crippen molar-refractivity contribution in [3.63, 3.8) is 0 Å². The molecule has 0 saturated carbocycles. The Morgan fingerprint density at radius 1 is 0.373 bits per heavy atom. The molecule has 0 bridgehead atoms. The average molecular weight is 943 g/mol. The van der Waals surface area contributed by atoms with Gasteiger partial charge in [-0.2, -0.15) is 0 Å². The number of carbonyl (C=O) groups is 1. The van der Waals surface area contributed by atoms with E-state index in [9.17, 15) is 25.2 Å². The van der Waals surface area contributed by atoms with Crippen molar-refractivity contribution in [2.45, 2.75) is 327 Å². The second-order valence-electron chi connectivity index (χ2n) is 20.3. The lowest BCUT2D eigenvalue weighted by Crippen LogP contribution is -2.53. The van der Waals surface area contributed by atoms with Crippen molar-refractivity contribution < 1.29 is 25.2 Å². The monoisotopic (exact) mass is 942 g/mol. The molecule has 0 spiro atoms. The van der Waals surface area contributed by atoms with Crippen molar-refractivity contribution in [1.29, 1.82) is 0 Å². The van der Waals surface area contributed by atoms with Crippen LogP contribution in [0.25, 0.3) is 0 Å². The topological polar surface area (TPSA) is 110 Å². The van der Waals surface area contributed by atoms with Crippen LogP contribution < -0.4 is 5.32 Å². The first-order valence-corrected chi connectivity index (χ1v) is 29.5. The second-order valence-corrected chi connectivity index (χ2v) is 20.3. The highest BCUT2D eigenvalue weighted by Crippen LogP contribution is 2.17. The van der Waals surface area contributed by atoms with Crippen molar-refractivity contribution in [2.24, 2.45) is 0 Å². The summed E-state index contributed by atoms with van der Waals surface area (Å²) in [5.41, 5.74) is 0. The largest absolute Gasteiger partial charge is 0.394 e. The summed E-state index contributed by atoms with van der Waals surface area (Å²) >= 11 is 0. The van der Waals surface area contributed by atoms with E-state index >= 15 is 0 Å². The molecular weight excluding hydrogens is 827 g/mol. The first kappa shape index (κ1) is 65.3. The first-order valence-electron chi connectivity index (χ1n) is 29.5. The summed E-state index contributed by atoms with van der Waals surface area (Å²) in [4.78, 5) is 12.6. The number of amides is 1. The van der Waals surface area contributed by atoms with Crippen molar-refractivity contribution in [2.75, 3.05) is 6.61 Å². The zero-order valence-electron chi connectivity index (χ0n) is 44.7. The number of hydrogen-bond acceptors (Lipinski definition) is 5. The predicted octanol–water partition coefficient (Wildman–Crippen LogP) is 17.4. The summed E-state index contributed by atoms with van der Waals surface area (Å²) in [6.45, 7) is 4.07. The first-order chi connectivity index (χ1) is 33.0. The molecule has 4 unspecified atom stereocenters. The molecule has 0 aliphatic heterocycles. The summed E-state index contributed by atoms with van der Waals surface area (Å²) in [5, 5.41) is 44.0. The molecule has 67 heavy (non-hydrogen) atoms. The van der Waals surface area contributed by atoms with Gasteiger partial charge in [0.05, 0.1) is 18.8 Å². The van der Waals surface area contributed by atoms with Gasteiger partial charge in [0.2, 0.25) is 5.91 Å². The third kappa shape index (κ3) is 49.1. The molecule has 0 aromatic carbocycles. The van der Waals surface area contributed by atoms with Crippen LogP contribution in [0.4, 0.5) is 0 Å². The van der Waals surface area contributed by atoms with Gasteiger partial charge >= 0.3 is 0 Å². The van der Waals surface area contributed by atoms with Crippen LogP contribution in [0.15, 0.2) is 48.6 Å². The van der Waals surface area contributed by atoms with Crippen LogP contribution in [0.1, 0.15) is 303 Å². The maximum atomic E-state index is 12.6. The van der Waals surface area contributed by atoms with E-state index in [1.165, 1.54) is 225 Å². The Labute approximate surface area is 417 Å². The minimum atomic E-state index is -1.29. The standard InChI is InChI=1S/C61H115NO5/c1-3-5-7-9-11-13-15-17-19-21-23-25-27-28-29-30-31-33-35-37-39-41-43-45-47-49-51-53-55-59(65)61(67)62-57(56-63)60(66)58(64)54-52-50-48-46-44-42-40-38-36-34-32-26-24-22-20-18-16-14-12-10-8-6-4-2/h23,25,28-29,38,40,46,48,57-60,63-66H,3-22,24,26-27,30-37,39,41-45,47,49-56H2,1-2H3,(H,62,67)/b25-23-,29-28-,40-38+,48-46+. The Morgan fingerprint density at radius 2 is 0.672 bits per heavy atom. The predicted molar refractivity (Wildman–Crippen MR) is 293 cm³/mol. The zero-order valence-corrected chi connectivity index (χ0v) is 44.7. The highest BCUT2D eigenvalue weighted by atomic mass is 16.3. The summed E-state index contributed by atoms with van der Waals surface area (Å²) < 4.78 is 0. The van der Waals surface area contributed by atoms with Gasteiger partial charge in [0, 0.05) is 0 Å². The van der Waals surface area contributed by atoms with Crippen LogP contribution in [0.5, 0.6) is 0 Å². The van der Waals surface area contributed by atoms with Gasteiger partial charge in [0.1, 0.15) is 12.2 Å². The number of aliphatic hydroxyl groups excluding tert-OH is 4. The molecule has 0 rings (SSSR count). The number of rotatable bonds is 54. The Morgan fingerprint density at radius 3 is 1.03 bits per heavy atom. The van der Waals surface area contributed by atoms with Crippen LogP contribution in [-0.2, 0) is 4.79 Å².